The highest BCUT2D eigenvalue weighted by Crippen LogP contribution is 2.26. The second kappa shape index (κ2) is 6.42. The van der Waals surface area contributed by atoms with Crippen molar-refractivity contribution in [3.63, 3.8) is 0 Å². The Morgan fingerprint density at radius 2 is 1.94 bits per heavy atom. The Balaban J connectivity index is 2.85. The van der Waals surface area contributed by atoms with Gasteiger partial charge in [0.1, 0.15) is 0 Å². The van der Waals surface area contributed by atoms with E-state index in [0.29, 0.717) is 16.5 Å². The molecule has 2 atom stereocenters. The minimum Gasteiger partial charge on any atom is -0.380 e. The third-order valence-corrected chi connectivity index (χ3v) is 3.35. The summed E-state index contributed by atoms with van der Waals surface area (Å²) in [7, 11) is 1.64. The number of rotatable bonds is 5. The van der Waals surface area contributed by atoms with Gasteiger partial charge in [0, 0.05) is 17.2 Å². The van der Waals surface area contributed by atoms with Crippen LogP contribution in [0.3, 0.4) is 0 Å². The van der Waals surface area contributed by atoms with Crippen LogP contribution in [0.5, 0.6) is 0 Å². The summed E-state index contributed by atoms with van der Waals surface area (Å²) in [5, 5.41) is 1.30. The molecule has 2 unspecified atom stereocenters. The molecule has 5 heteroatoms. The maximum Gasteiger partial charge on any atom is 0.0712 e. The lowest BCUT2D eigenvalue weighted by atomic mass is 10.0. The van der Waals surface area contributed by atoms with Crippen LogP contribution in [-0.2, 0) is 11.2 Å². The van der Waals surface area contributed by atoms with Crippen LogP contribution < -0.4 is 11.3 Å². The number of methoxy groups -OCH3 is 1. The number of nitrogens with one attached hydrogen (secondary N) is 1. The Morgan fingerprint density at radius 1 is 1.38 bits per heavy atom. The van der Waals surface area contributed by atoms with Gasteiger partial charge in [0.2, 0.25) is 0 Å². The van der Waals surface area contributed by atoms with Gasteiger partial charge in [0.15, 0.2) is 0 Å². The monoisotopic (exact) mass is 262 g/mol. The fraction of sp³-hybridized carbons (Fsp3) is 0.455. The summed E-state index contributed by atoms with van der Waals surface area (Å²) >= 11 is 12.2. The van der Waals surface area contributed by atoms with E-state index in [2.05, 4.69) is 5.43 Å². The fourth-order valence-corrected chi connectivity index (χ4v) is 2.02. The van der Waals surface area contributed by atoms with Gasteiger partial charge in [-0.25, -0.2) is 0 Å². The lowest BCUT2D eigenvalue weighted by Gasteiger charge is -2.22. The first-order valence-corrected chi connectivity index (χ1v) is 5.77. The van der Waals surface area contributed by atoms with E-state index in [1.54, 1.807) is 7.11 Å². The number of halogens is 2. The molecule has 0 bridgehead atoms. The average molecular weight is 263 g/mol. The topological polar surface area (TPSA) is 47.3 Å². The first-order valence-electron chi connectivity index (χ1n) is 5.02. The first-order chi connectivity index (χ1) is 7.60. The van der Waals surface area contributed by atoms with Crippen molar-refractivity contribution < 1.29 is 4.74 Å². The van der Waals surface area contributed by atoms with E-state index in [9.17, 15) is 0 Å². The predicted octanol–water partition coefficient (Wildman–Crippen LogP) is 2.40. The number of hydrogen-bond acceptors (Lipinski definition) is 3. The third-order valence-electron chi connectivity index (χ3n) is 2.64. The van der Waals surface area contributed by atoms with Gasteiger partial charge in [-0.05, 0) is 31.0 Å². The molecule has 16 heavy (non-hydrogen) atoms. The molecular formula is C11H16Cl2N2O. The van der Waals surface area contributed by atoms with E-state index in [-0.39, 0.29) is 12.1 Å². The summed E-state index contributed by atoms with van der Waals surface area (Å²) in [5.41, 5.74) is 3.60. The second-order valence-electron chi connectivity index (χ2n) is 3.62. The van der Waals surface area contributed by atoms with Crippen LogP contribution >= 0.6 is 23.2 Å². The molecule has 0 radical (unpaired) electrons. The molecule has 1 rings (SSSR count). The maximum absolute atomic E-state index is 6.08. The van der Waals surface area contributed by atoms with Crippen LogP contribution in [-0.4, -0.2) is 19.3 Å². The number of ether oxygens (including phenoxy) is 1. The highest BCUT2D eigenvalue weighted by atomic mass is 35.5. The summed E-state index contributed by atoms with van der Waals surface area (Å²) in [4.78, 5) is 0. The van der Waals surface area contributed by atoms with Crippen LogP contribution in [0, 0.1) is 0 Å². The molecule has 0 aliphatic carbocycles. The first kappa shape index (κ1) is 13.7. The molecule has 0 amide bonds. The number of hydrazine groups is 1. The van der Waals surface area contributed by atoms with E-state index in [1.165, 1.54) is 0 Å². The molecule has 0 saturated heterocycles. The fourth-order valence-electron chi connectivity index (χ4n) is 1.47. The molecular weight excluding hydrogens is 247 g/mol. The van der Waals surface area contributed by atoms with Crippen molar-refractivity contribution in [3.05, 3.63) is 33.8 Å². The predicted molar refractivity (Wildman–Crippen MR) is 67.7 cm³/mol. The van der Waals surface area contributed by atoms with E-state index in [1.807, 2.05) is 25.1 Å². The molecule has 1 aromatic rings. The molecule has 0 saturated carbocycles. The molecule has 3 N–H and O–H groups in total. The van der Waals surface area contributed by atoms with Gasteiger partial charge >= 0.3 is 0 Å². The molecule has 0 fully saturated rings. The van der Waals surface area contributed by atoms with Gasteiger partial charge in [-0.2, -0.15) is 0 Å². The Morgan fingerprint density at radius 3 is 2.38 bits per heavy atom. The minimum atomic E-state index is -0.0256. The zero-order valence-corrected chi connectivity index (χ0v) is 10.8. The molecule has 0 aromatic heterocycles. The van der Waals surface area contributed by atoms with Crippen molar-refractivity contribution in [2.75, 3.05) is 7.11 Å². The molecule has 1 aromatic carbocycles. The maximum atomic E-state index is 6.08. The Labute approximate surface area is 106 Å². The van der Waals surface area contributed by atoms with Gasteiger partial charge in [-0.1, -0.05) is 29.3 Å². The smallest absolute Gasteiger partial charge is 0.0712 e. The van der Waals surface area contributed by atoms with Crippen molar-refractivity contribution >= 4 is 23.2 Å². The summed E-state index contributed by atoms with van der Waals surface area (Å²) in [6.07, 6.45) is 0.613. The third kappa shape index (κ3) is 3.34. The van der Waals surface area contributed by atoms with Crippen LogP contribution in [0.4, 0.5) is 0 Å². The average Bonchev–Trinajstić information content (AvgIpc) is 2.28. The van der Waals surface area contributed by atoms with Crippen molar-refractivity contribution in [1.82, 2.24) is 5.43 Å². The normalized spacial score (nSPS) is 14.8. The van der Waals surface area contributed by atoms with Crippen molar-refractivity contribution in [2.45, 2.75) is 25.5 Å². The van der Waals surface area contributed by atoms with Crippen molar-refractivity contribution in [2.24, 2.45) is 5.84 Å². The summed E-state index contributed by atoms with van der Waals surface area (Å²) in [6, 6.07) is 5.42. The van der Waals surface area contributed by atoms with Gasteiger partial charge < -0.3 is 4.74 Å². The number of hydrogen-bond donors (Lipinski definition) is 2. The second-order valence-corrected chi connectivity index (χ2v) is 4.43. The van der Waals surface area contributed by atoms with Gasteiger partial charge in [-0.3, -0.25) is 11.3 Å². The standard InChI is InChI=1S/C11H16Cl2N2O/c1-7(16-2)11(15-14)6-8-9(12)4-3-5-10(8)13/h3-5,7,11,15H,6,14H2,1-2H3. The molecule has 90 valence electrons. The van der Waals surface area contributed by atoms with Crippen LogP contribution in [0.2, 0.25) is 10.0 Å². The quantitative estimate of drug-likeness (QED) is 0.633. The van der Waals surface area contributed by atoms with E-state index in [4.69, 9.17) is 33.8 Å². The summed E-state index contributed by atoms with van der Waals surface area (Å²) in [6.45, 7) is 1.94. The van der Waals surface area contributed by atoms with E-state index >= 15 is 0 Å². The lowest BCUT2D eigenvalue weighted by Crippen LogP contribution is -2.45. The van der Waals surface area contributed by atoms with Gasteiger partial charge in [-0.15, -0.1) is 0 Å². The van der Waals surface area contributed by atoms with Crippen LogP contribution in [0.1, 0.15) is 12.5 Å². The zero-order valence-electron chi connectivity index (χ0n) is 9.34. The molecule has 0 spiro atoms. The van der Waals surface area contributed by atoms with Gasteiger partial charge in [0.25, 0.3) is 0 Å². The van der Waals surface area contributed by atoms with E-state index in [0.717, 1.165) is 5.56 Å². The molecule has 0 aliphatic heterocycles. The number of benzene rings is 1. The lowest BCUT2D eigenvalue weighted by molar-refractivity contribution is 0.0831. The summed E-state index contributed by atoms with van der Waals surface area (Å²) < 4.78 is 5.23. The Hall–Kier alpha value is -0.320. The van der Waals surface area contributed by atoms with Crippen molar-refractivity contribution in [1.29, 1.82) is 0 Å². The minimum absolute atomic E-state index is 0.0164. The zero-order chi connectivity index (χ0) is 12.1. The SMILES string of the molecule is COC(C)C(Cc1c(Cl)cccc1Cl)NN. The van der Waals surface area contributed by atoms with E-state index < -0.39 is 0 Å². The van der Waals surface area contributed by atoms with Crippen LogP contribution in [0.15, 0.2) is 18.2 Å². The van der Waals surface area contributed by atoms with Gasteiger partial charge in [0.05, 0.1) is 12.1 Å². The number of nitrogens with two attached hydrogens (primary N) is 1. The van der Waals surface area contributed by atoms with Crippen LogP contribution in [0.25, 0.3) is 0 Å². The Kier molecular flexibility index (Phi) is 5.52. The largest absolute Gasteiger partial charge is 0.380 e. The highest BCUT2D eigenvalue weighted by molar-refractivity contribution is 6.35. The highest BCUT2D eigenvalue weighted by Gasteiger charge is 2.18. The molecule has 0 heterocycles. The molecule has 0 aliphatic rings. The van der Waals surface area contributed by atoms with Crippen molar-refractivity contribution in [3.8, 4) is 0 Å². The molecule has 3 nitrogen and oxygen atoms in total. The summed E-state index contributed by atoms with van der Waals surface area (Å²) in [5.74, 6) is 5.48. The Bertz CT molecular complexity index is 327.